The van der Waals surface area contributed by atoms with Gasteiger partial charge in [-0.3, -0.25) is 19.3 Å². The van der Waals surface area contributed by atoms with Gasteiger partial charge in [0.25, 0.3) is 0 Å². The molecule has 1 aromatic heterocycles. The summed E-state index contributed by atoms with van der Waals surface area (Å²) in [5, 5.41) is 6.62. The Hall–Kier alpha value is -3.29. The van der Waals surface area contributed by atoms with Gasteiger partial charge < -0.3 is 9.84 Å². The van der Waals surface area contributed by atoms with E-state index in [1.165, 1.54) is 4.90 Å². The molecular formula is C21H22N4O4. The quantitative estimate of drug-likeness (QED) is 0.593. The van der Waals surface area contributed by atoms with Crippen LogP contribution in [-0.2, 0) is 20.9 Å². The van der Waals surface area contributed by atoms with Crippen molar-refractivity contribution in [3.63, 3.8) is 0 Å². The topological polar surface area (TPSA) is 105 Å². The van der Waals surface area contributed by atoms with Crippen LogP contribution in [-0.4, -0.2) is 39.3 Å². The molecule has 4 rings (SSSR count). The van der Waals surface area contributed by atoms with Crippen molar-refractivity contribution < 1.29 is 18.9 Å². The van der Waals surface area contributed by atoms with Crippen molar-refractivity contribution in [1.29, 1.82) is 0 Å². The summed E-state index contributed by atoms with van der Waals surface area (Å²) in [6.07, 6.45) is 5.12. The van der Waals surface area contributed by atoms with Gasteiger partial charge in [-0.2, -0.15) is 4.98 Å². The van der Waals surface area contributed by atoms with E-state index in [2.05, 4.69) is 15.5 Å². The van der Waals surface area contributed by atoms with Crippen LogP contribution < -0.4 is 5.32 Å². The summed E-state index contributed by atoms with van der Waals surface area (Å²) >= 11 is 0. The number of amides is 3. The molecule has 2 aliphatic rings. The average Bonchev–Trinajstić information content (AvgIpc) is 3.30. The van der Waals surface area contributed by atoms with Crippen LogP contribution >= 0.6 is 0 Å². The fourth-order valence-corrected chi connectivity index (χ4v) is 3.71. The predicted octanol–water partition coefficient (Wildman–Crippen LogP) is 2.00. The van der Waals surface area contributed by atoms with Crippen molar-refractivity contribution in [3.8, 4) is 11.4 Å². The first kappa shape index (κ1) is 19.0. The molecule has 2 aromatic rings. The molecule has 2 atom stereocenters. The third kappa shape index (κ3) is 3.96. The monoisotopic (exact) mass is 394 g/mol. The van der Waals surface area contributed by atoms with E-state index >= 15 is 0 Å². The van der Waals surface area contributed by atoms with Crippen molar-refractivity contribution in [1.82, 2.24) is 20.4 Å². The largest absolute Gasteiger partial charge is 0.347 e. The maximum atomic E-state index is 12.4. The van der Waals surface area contributed by atoms with Gasteiger partial charge in [-0.25, -0.2) is 0 Å². The smallest absolute Gasteiger partial charge is 0.246 e. The van der Waals surface area contributed by atoms with Crippen molar-refractivity contribution >= 4 is 17.7 Å². The fraction of sp³-hybridized carbons (Fsp3) is 0.381. The van der Waals surface area contributed by atoms with Gasteiger partial charge >= 0.3 is 0 Å². The molecule has 0 radical (unpaired) electrons. The van der Waals surface area contributed by atoms with E-state index in [1.54, 1.807) is 0 Å². The van der Waals surface area contributed by atoms with Crippen molar-refractivity contribution in [2.75, 3.05) is 6.54 Å². The molecule has 1 aliphatic heterocycles. The van der Waals surface area contributed by atoms with Crippen LogP contribution in [0.25, 0.3) is 11.4 Å². The number of likely N-dealkylation sites (tertiary alicyclic amines) is 1. The number of benzene rings is 1. The number of hydrogen-bond donors (Lipinski definition) is 1. The minimum atomic E-state index is -0.284. The van der Waals surface area contributed by atoms with Crippen molar-refractivity contribution in [2.45, 2.75) is 32.7 Å². The summed E-state index contributed by atoms with van der Waals surface area (Å²) in [6.45, 7) is 2.18. The minimum Gasteiger partial charge on any atom is -0.347 e. The number of carbonyl (C=O) groups is 3. The first-order valence-electron chi connectivity index (χ1n) is 9.69. The zero-order valence-corrected chi connectivity index (χ0v) is 16.1. The molecule has 0 spiro atoms. The zero-order chi connectivity index (χ0) is 20.4. The van der Waals surface area contributed by atoms with Gasteiger partial charge in [-0.15, -0.1) is 0 Å². The van der Waals surface area contributed by atoms with Gasteiger partial charge in [0, 0.05) is 18.5 Å². The molecule has 1 aromatic carbocycles. The van der Waals surface area contributed by atoms with E-state index in [-0.39, 0.29) is 49.1 Å². The van der Waals surface area contributed by atoms with Crippen molar-refractivity contribution in [2.24, 2.45) is 11.8 Å². The van der Waals surface area contributed by atoms with Gasteiger partial charge in [0.15, 0.2) is 0 Å². The Balaban J connectivity index is 1.27. The first-order chi connectivity index (χ1) is 14.0. The lowest BCUT2D eigenvalue weighted by atomic mass is 9.85. The van der Waals surface area contributed by atoms with Gasteiger partial charge in [-0.1, -0.05) is 47.1 Å². The summed E-state index contributed by atoms with van der Waals surface area (Å²) in [6, 6.07) is 7.72. The highest BCUT2D eigenvalue weighted by molar-refractivity contribution is 6.05. The number of nitrogens with zero attached hydrogens (tertiary/aromatic N) is 3. The van der Waals surface area contributed by atoms with Crippen LogP contribution in [0.3, 0.4) is 0 Å². The number of aryl methyl sites for hydroxylation is 1. The Morgan fingerprint density at radius 3 is 2.45 bits per heavy atom. The maximum absolute atomic E-state index is 12.4. The molecule has 8 heteroatoms. The number of rotatable bonds is 6. The lowest BCUT2D eigenvalue weighted by Gasteiger charge is -2.14. The minimum absolute atomic E-state index is 0.0449. The molecule has 1 N–H and O–H groups in total. The Kier molecular flexibility index (Phi) is 5.24. The maximum Gasteiger partial charge on any atom is 0.246 e. The molecule has 150 valence electrons. The molecule has 1 saturated heterocycles. The highest BCUT2D eigenvalue weighted by Crippen LogP contribution is 2.34. The van der Waals surface area contributed by atoms with Crippen LogP contribution in [0.1, 0.15) is 30.7 Å². The summed E-state index contributed by atoms with van der Waals surface area (Å²) in [5.41, 5.74) is 1.97. The predicted molar refractivity (Wildman–Crippen MR) is 103 cm³/mol. The number of carbonyl (C=O) groups excluding carboxylic acids is 3. The summed E-state index contributed by atoms with van der Waals surface area (Å²) in [5.74, 6) is -0.413. The van der Waals surface area contributed by atoms with E-state index in [9.17, 15) is 14.4 Å². The van der Waals surface area contributed by atoms with Crippen molar-refractivity contribution in [3.05, 3.63) is 47.9 Å². The number of fused-ring (bicyclic) bond motifs is 1. The third-order valence-corrected chi connectivity index (χ3v) is 5.38. The molecule has 29 heavy (non-hydrogen) atoms. The molecule has 1 fully saturated rings. The Bertz CT molecular complexity index is 937. The van der Waals surface area contributed by atoms with Crippen LogP contribution in [0, 0.1) is 18.8 Å². The van der Waals surface area contributed by atoms with E-state index in [1.807, 2.05) is 43.3 Å². The number of aromatic nitrogens is 2. The Morgan fingerprint density at radius 1 is 1.14 bits per heavy atom. The zero-order valence-electron chi connectivity index (χ0n) is 16.1. The second-order valence-corrected chi connectivity index (χ2v) is 7.39. The highest BCUT2D eigenvalue weighted by Gasteiger charge is 2.46. The number of hydrogen-bond acceptors (Lipinski definition) is 6. The van der Waals surface area contributed by atoms with E-state index in [0.717, 1.165) is 11.1 Å². The molecule has 0 bridgehead atoms. The first-order valence-corrected chi connectivity index (χ1v) is 9.69. The molecule has 1 aliphatic carbocycles. The fourth-order valence-electron chi connectivity index (χ4n) is 3.71. The molecule has 2 heterocycles. The lowest BCUT2D eigenvalue weighted by molar-refractivity contribution is -0.140. The summed E-state index contributed by atoms with van der Waals surface area (Å²) in [7, 11) is 0. The second kappa shape index (κ2) is 7.98. The molecular weight excluding hydrogens is 372 g/mol. The second-order valence-electron chi connectivity index (χ2n) is 7.39. The number of nitrogens with one attached hydrogen (secondary N) is 1. The Labute approximate surface area is 168 Å². The van der Waals surface area contributed by atoms with E-state index in [0.29, 0.717) is 24.6 Å². The molecule has 8 nitrogen and oxygen atoms in total. The standard InChI is InChI=1S/C21H22N4O4/c1-13-6-8-14(9-7-13)19-23-18(29-24-19)12-22-17(26)10-11-25-20(27)15-4-2-3-5-16(15)21(25)28/h2-3,6-9,15-16H,4-5,10-12H2,1H3,(H,22,26)/t15-,16-/m1/s1. The summed E-state index contributed by atoms with van der Waals surface area (Å²) in [4.78, 5) is 42.5. The van der Waals surface area contributed by atoms with Crippen LogP contribution in [0.15, 0.2) is 40.9 Å². The molecule has 0 saturated carbocycles. The highest BCUT2D eigenvalue weighted by atomic mass is 16.5. The number of allylic oxidation sites excluding steroid dienone is 2. The Morgan fingerprint density at radius 2 is 1.79 bits per heavy atom. The SMILES string of the molecule is Cc1ccc(-c2noc(CNC(=O)CCN3C(=O)[C@@H]4CC=CC[C@H]4C3=O)n2)cc1. The van der Waals surface area contributed by atoms with Gasteiger partial charge in [0.05, 0.1) is 18.4 Å². The molecule has 0 unspecified atom stereocenters. The van der Waals surface area contributed by atoms with Crippen LogP contribution in [0.4, 0.5) is 0 Å². The van der Waals surface area contributed by atoms with Crippen LogP contribution in [0.2, 0.25) is 0 Å². The summed E-state index contributed by atoms with van der Waals surface area (Å²) < 4.78 is 5.17. The average molecular weight is 394 g/mol. The van der Waals surface area contributed by atoms with E-state index in [4.69, 9.17) is 4.52 Å². The van der Waals surface area contributed by atoms with Gasteiger partial charge in [-0.05, 0) is 19.8 Å². The van der Waals surface area contributed by atoms with Gasteiger partial charge in [0.1, 0.15) is 0 Å². The number of imide groups is 1. The normalized spacial score (nSPS) is 20.8. The van der Waals surface area contributed by atoms with Gasteiger partial charge in [0.2, 0.25) is 29.4 Å². The lowest BCUT2D eigenvalue weighted by Crippen LogP contribution is -2.35. The van der Waals surface area contributed by atoms with E-state index < -0.39 is 0 Å². The molecule has 3 amide bonds. The van der Waals surface area contributed by atoms with Crippen LogP contribution in [0.5, 0.6) is 0 Å². The third-order valence-electron chi connectivity index (χ3n) is 5.38.